The number of benzene rings is 1. The molecule has 0 aliphatic carbocycles. The number of hydrogen-bond acceptors (Lipinski definition) is 4. The summed E-state index contributed by atoms with van der Waals surface area (Å²) < 4.78 is 5.33. The molecule has 3 atom stereocenters. The zero-order valence-corrected chi connectivity index (χ0v) is 11.7. The van der Waals surface area contributed by atoms with Gasteiger partial charge in [0.15, 0.2) is 0 Å². The number of carbonyl (C=O) groups is 1. The van der Waals surface area contributed by atoms with E-state index in [4.69, 9.17) is 4.74 Å². The van der Waals surface area contributed by atoms with Crippen LogP contribution in [-0.4, -0.2) is 50.0 Å². The summed E-state index contributed by atoms with van der Waals surface area (Å²) in [6, 6.07) is 9.62. The van der Waals surface area contributed by atoms with Gasteiger partial charge >= 0.3 is 0 Å². The second-order valence-corrected chi connectivity index (χ2v) is 5.12. The lowest BCUT2D eigenvalue weighted by atomic mass is 10.0. The van der Waals surface area contributed by atoms with Crippen LogP contribution in [0.5, 0.6) is 0 Å². The molecule has 1 amide bonds. The number of aliphatic hydroxyl groups excluding tert-OH is 1. The monoisotopic (exact) mass is 278 g/mol. The molecule has 0 spiro atoms. The zero-order valence-electron chi connectivity index (χ0n) is 11.7. The highest BCUT2D eigenvalue weighted by atomic mass is 16.5. The Hall–Kier alpha value is -1.43. The summed E-state index contributed by atoms with van der Waals surface area (Å²) in [5.74, 6) is -0.248. The van der Waals surface area contributed by atoms with Gasteiger partial charge in [0, 0.05) is 6.04 Å². The van der Waals surface area contributed by atoms with Crippen molar-refractivity contribution in [3.8, 4) is 0 Å². The van der Waals surface area contributed by atoms with Crippen LogP contribution >= 0.6 is 0 Å². The molecule has 1 aliphatic rings. The molecule has 0 aromatic heterocycles. The largest absolute Gasteiger partial charge is 0.394 e. The quantitative estimate of drug-likeness (QED) is 0.682. The van der Waals surface area contributed by atoms with E-state index in [9.17, 15) is 9.90 Å². The average Bonchev–Trinajstić information content (AvgIpc) is 2.96. The first kappa shape index (κ1) is 15.0. The van der Waals surface area contributed by atoms with Gasteiger partial charge in [-0.2, -0.15) is 0 Å². The highest BCUT2D eigenvalue weighted by Crippen LogP contribution is 2.14. The van der Waals surface area contributed by atoms with Gasteiger partial charge in [0.1, 0.15) is 0 Å². The SMILES string of the molecule is CNC1COCC1C(=O)N[C@H](CO)Cc1ccccc1. The van der Waals surface area contributed by atoms with E-state index in [1.54, 1.807) is 0 Å². The van der Waals surface area contributed by atoms with E-state index in [0.29, 0.717) is 19.6 Å². The molecule has 1 saturated heterocycles. The molecule has 1 aliphatic heterocycles. The maximum absolute atomic E-state index is 12.2. The van der Waals surface area contributed by atoms with Gasteiger partial charge in [-0.05, 0) is 19.0 Å². The predicted octanol–water partition coefficient (Wildman–Crippen LogP) is -0.0594. The summed E-state index contributed by atoms with van der Waals surface area (Å²) in [7, 11) is 1.83. The number of carbonyl (C=O) groups excluding carboxylic acids is 1. The summed E-state index contributed by atoms with van der Waals surface area (Å²) in [6.45, 7) is 0.913. The minimum absolute atomic E-state index is 0.0473. The van der Waals surface area contributed by atoms with E-state index in [1.807, 2.05) is 37.4 Å². The van der Waals surface area contributed by atoms with Crippen LogP contribution in [0.2, 0.25) is 0 Å². The number of likely N-dealkylation sites (N-methyl/N-ethyl adjacent to an activating group) is 1. The minimum Gasteiger partial charge on any atom is -0.394 e. The van der Waals surface area contributed by atoms with Gasteiger partial charge < -0.3 is 20.5 Å². The fraction of sp³-hybridized carbons (Fsp3) is 0.533. The summed E-state index contributed by atoms with van der Waals surface area (Å²) in [6.07, 6.45) is 0.626. The highest BCUT2D eigenvalue weighted by molar-refractivity contribution is 5.80. The van der Waals surface area contributed by atoms with Crippen molar-refractivity contribution < 1.29 is 14.6 Å². The molecular weight excluding hydrogens is 256 g/mol. The Labute approximate surface area is 119 Å². The third kappa shape index (κ3) is 3.79. The Bertz CT molecular complexity index is 424. The molecule has 5 nitrogen and oxygen atoms in total. The van der Waals surface area contributed by atoms with Crippen molar-refractivity contribution in [2.75, 3.05) is 26.9 Å². The summed E-state index contributed by atoms with van der Waals surface area (Å²) >= 11 is 0. The second-order valence-electron chi connectivity index (χ2n) is 5.12. The molecule has 5 heteroatoms. The van der Waals surface area contributed by atoms with E-state index in [-0.39, 0.29) is 30.5 Å². The van der Waals surface area contributed by atoms with Gasteiger partial charge in [0.2, 0.25) is 5.91 Å². The van der Waals surface area contributed by atoms with Crippen molar-refractivity contribution in [3.05, 3.63) is 35.9 Å². The molecule has 0 bridgehead atoms. The topological polar surface area (TPSA) is 70.6 Å². The molecule has 0 saturated carbocycles. The van der Waals surface area contributed by atoms with Crippen LogP contribution in [0.15, 0.2) is 30.3 Å². The number of ether oxygens (including phenoxy) is 1. The summed E-state index contributed by atoms with van der Waals surface area (Å²) in [5, 5.41) is 15.4. The summed E-state index contributed by atoms with van der Waals surface area (Å²) in [5.41, 5.74) is 1.10. The van der Waals surface area contributed by atoms with Crippen molar-refractivity contribution in [1.29, 1.82) is 0 Å². The standard InChI is InChI=1S/C15H22N2O3/c1-16-14-10-20-9-13(14)15(19)17-12(8-18)7-11-5-3-2-4-6-11/h2-6,12-14,16,18H,7-10H2,1H3,(H,17,19)/t12-,13?,14?/m0/s1. The number of nitrogens with one attached hydrogen (secondary N) is 2. The molecular formula is C15H22N2O3. The van der Waals surface area contributed by atoms with Gasteiger partial charge in [-0.3, -0.25) is 4.79 Å². The smallest absolute Gasteiger partial charge is 0.227 e. The average molecular weight is 278 g/mol. The fourth-order valence-corrected chi connectivity index (χ4v) is 2.47. The van der Waals surface area contributed by atoms with E-state index < -0.39 is 0 Å². The Kier molecular flexibility index (Phi) is 5.52. The number of amides is 1. The zero-order chi connectivity index (χ0) is 14.4. The molecule has 110 valence electrons. The molecule has 1 aromatic carbocycles. The second kappa shape index (κ2) is 7.38. The van der Waals surface area contributed by atoms with Crippen molar-refractivity contribution in [2.45, 2.75) is 18.5 Å². The predicted molar refractivity (Wildman–Crippen MR) is 76.3 cm³/mol. The first-order chi connectivity index (χ1) is 9.74. The lowest BCUT2D eigenvalue weighted by molar-refractivity contribution is -0.126. The van der Waals surface area contributed by atoms with E-state index in [2.05, 4.69) is 10.6 Å². The highest BCUT2D eigenvalue weighted by Gasteiger charge is 2.33. The maximum atomic E-state index is 12.2. The van der Waals surface area contributed by atoms with Crippen molar-refractivity contribution in [3.63, 3.8) is 0 Å². The Morgan fingerprint density at radius 2 is 2.15 bits per heavy atom. The van der Waals surface area contributed by atoms with Gasteiger partial charge in [-0.1, -0.05) is 30.3 Å². The van der Waals surface area contributed by atoms with Gasteiger partial charge in [-0.25, -0.2) is 0 Å². The van der Waals surface area contributed by atoms with Gasteiger partial charge in [-0.15, -0.1) is 0 Å². The van der Waals surface area contributed by atoms with E-state index in [1.165, 1.54) is 0 Å². The molecule has 0 radical (unpaired) electrons. The molecule has 1 heterocycles. The number of rotatable bonds is 6. The van der Waals surface area contributed by atoms with Gasteiger partial charge in [0.25, 0.3) is 0 Å². The van der Waals surface area contributed by atoms with Crippen LogP contribution in [0.25, 0.3) is 0 Å². The normalized spacial score (nSPS) is 23.5. The molecule has 20 heavy (non-hydrogen) atoms. The van der Waals surface area contributed by atoms with Crippen LogP contribution in [-0.2, 0) is 16.0 Å². The Balaban J connectivity index is 1.91. The third-order valence-corrected chi connectivity index (χ3v) is 3.68. The van der Waals surface area contributed by atoms with Crippen LogP contribution in [0, 0.1) is 5.92 Å². The first-order valence-corrected chi connectivity index (χ1v) is 6.94. The Morgan fingerprint density at radius 1 is 1.40 bits per heavy atom. The third-order valence-electron chi connectivity index (χ3n) is 3.68. The molecule has 3 N–H and O–H groups in total. The van der Waals surface area contributed by atoms with Crippen LogP contribution in [0.4, 0.5) is 0 Å². The van der Waals surface area contributed by atoms with E-state index >= 15 is 0 Å². The first-order valence-electron chi connectivity index (χ1n) is 6.94. The minimum atomic E-state index is -0.261. The lowest BCUT2D eigenvalue weighted by Gasteiger charge is -2.21. The molecule has 2 rings (SSSR count). The van der Waals surface area contributed by atoms with Crippen LogP contribution in [0.1, 0.15) is 5.56 Å². The number of aliphatic hydroxyl groups is 1. The summed E-state index contributed by atoms with van der Waals surface area (Å²) in [4.78, 5) is 12.2. The number of hydrogen-bond donors (Lipinski definition) is 3. The Morgan fingerprint density at radius 3 is 2.80 bits per heavy atom. The van der Waals surface area contributed by atoms with Crippen molar-refractivity contribution in [2.24, 2.45) is 5.92 Å². The van der Waals surface area contributed by atoms with Crippen molar-refractivity contribution in [1.82, 2.24) is 10.6 Å². The van der Waals surface area contributed by atoms with Crippen LogP contribution in [0.3, 0.4) is 0 Å². The van der Waals surface area contributed by atoms with Gasteiger partial charge in [0.05, 0.1) is 31.8 Å². The lowest BCUT2D eigenvalue weighted by Crippen LogP contribution is -2.47. The molecule has 2 unspecified atom stereocenters. The van der Waals surface area contributed by atoms with Crippen LogP contribution < -0.4 is 10.6 Å². The molecule has 1 fully saturated rings. The van der Waals surface area contributed by atoms with E-state index in [0.717, 1.165) is 5.56 Å². The maximum Gasteiger partial charge on any atom is 0.227 e. The van der Waals surface area contributed by atoms with Crippen molar-refractivity contribution >= 4 is 5.91 Å². The fourth-order valence-electron chi connectivity index (χ4n) is 2.47. The molecule has 1 aromatic rings.